The maximum absolute atomic E-state index is 11.5. The maximum Gasteiger partial charge on any atom is 1.00 e. The number of non-ortho nitro benzene ring substituents is 1. The van der Waals surface area contributed by atoms with Crippen LogP contribution in [-0.4, -0.2) is 17.7 Å². The summed E-state index contributed by atoms with van der Waals surface area (Å²) in [6.45, 7) is -0.0715. The smallest absolute Gasteiger partial charge is 0.545 e. The fourth-order valence-corrected chi connectivity index (χ4v) is 2.94. The Bertz CT molecular complexity index is 1020. The fraction of sp³-hybridized carbons (Fsp3) is 0.0625. The van der Waals surface area contributed by atoms with Crippen LogP contribution in [0.2, 0.25) is 0 Å². The van der Waals surface area contributed by atoms with Gasteiger partial charge in [-0.15, -0.1) is 0 Å². The number of carbonyl (C=O) groups excluding carboxylic acids is 1. The molecule has 1 heterocycles. The summed E-state index contributed by atoms with van der Waals surface area (Å²) < 4.78 is 10.7. The third kappa shape index (κ3) is 2.29. The van der Waals surface area contributed by atoms with Crippen LogP contribution in [0.3, 0.4) is 0 Å². The van der Waals surface area contributed by atoms with E-state index < -0.39 is 10.9 Å². The van der Waals surface area contributed by atoms with Gasteiger partial charge in [-0.25, -0.2) is 0 Å². The third-order valence-electron chi connectivity index (χ3n) is 3.86. The van der Waals surface area contributed by atoms with Crippen LogP contribution in [0.15, 0.2) is 36.4 Å². The van der Waals surface area contributed by atoms with E-state index in [0.717, 1.165) is 0 Å². The summed E-state index contributed by atoms with van der Waals surface area (Å²) in [6.07, 6.45) is 0. The summed E-state index contributed by atoms with van der Waals surface area (Å²) >= 11 is 0. The van der Waals surface area contributed by atoms with E-state index >= 15 is 0 Å². The molecule has 0 unspecified atom stereocenters. The third-order valence-corrected chi connectivity index (χ3v) is 3.86. The Morgan fingerprint density at radius 2 is 1.88 bits per heavy atom. The van der Waals surface area contributed by atoms with Crippen LogP contribution in [0.1, 0.15) is 10.4 Å². The van der Waals surface area contributed by atoms with Crippen molar-refractivity contribution in [2.24, 2.45) is 0 Å². The van der Waals surface area contributed by atoms with Crippen molar-refractivity contribution in [3.05, 3.63) is 52.1 Å². The molecule has 0 saturated carbocycles. The summed E-state index contributed by atoms with van der Waals surface area (Å²) in [6, 6.07) is 9.55. The van der Waals surface area contributed by atoms with E-state index in [-0.39, 0.29) is 58.7 Å². The van der Waals surface area contributed by atoms with Crippen molar-refractivity contribution in [3.8, 4) is 11.5 Å². The molecule has 3 aromatic rings. The van der Waals surface area contributed by atoms with E-state index in [1.165, 1.54) is 12.1 Å². The van der Waals surface area contributed by atoms with Gasteiger partial charge >= 0.3 is 29.6 Å². The van der Waals surface area contributed by atoms with Gasteiger partial charge in [-0.05, 0) is 16.8 Å². The molecule has 0 bridgehead atoms. The first-order chi connectivity index (χ1) is 11.1. The molecule has 0 radical (unpaired) electrons. The summed E-state index contributed by atoms with van der Waals surface area (Å²) in [5.74, 6) is -0.959. The van der Waals surface area contributed by atoms with Crippen LogP contribution in [0.4, 0.5) is 5.69 Å². The SMILES string of the molecule is O=C([O-])c1cc2c(c3c1c([N+](=O)[O-])cc1ccccc13)OCO2.[Na+]. The summed E-state index contributed by atoms with van der Waals surface area (Å²) in [5, 5.41) is 24.5. The topological polar surface area (TPSA) is 102 Å². The second-order valence-corrected chi connectivity index (χ2v) is 5.07. The van der Waals surface area contributed by atoms with Crippen molar-refractivity contribution in [2.45, 2.75) is 0 Å². The normalized spacial score (nSPS) is 12.2. The fourth-order valence-electron chi connectivity index (χ4n) is 2.94. The van der Waals surface area contributed by atoms with Crippen molar-refractivity contribution in [1.82, 2.24) is 0 Å². The van der Waals surface area contributed by atoms with Crippen LogP contribution >= 0.6 is 0 Å². The molecular weight excluding hydrogens is 325 g/mol. The molecule has 7 nitrogen and oxygen atoms in total. The minimum Gasteiger partial charge on any atom is -0.545 e. The molecule has 0 amide bonds. The Morgan fingerprint density at radius 3 is 2.58 bits per heavy atom. The van der Waals surface area contributed by atoms with Gasteiger partial charge in [0.1, 0.15) is 0 Å². The summed E-state index contributed by atoms with van der Waals surface area (Å²) in [7, 11) is 0. The monoisotopic (exact) mass is 333 g/mol. The molecule has 114 valence electrons. The zero-order chi connectivity index (χ0) is 16.1. The van der Waals surface area contributed by atoms with Gasteiger partial charge < -0.3 is 19.4 Å². The van der Waals surface area contributed by atoms with Gasteiger partial charge in [0.2, 0.25) is 6.79 Å². The number of benzene rings is 3. The van der Waals surface area contributed by atoms with Gasteiger partial charge in [0, 0.05) is 17.0 Å². The first kappa shape index (κ1) is 16.5. The van der Waals surface area contributed by atoms with E-state index in [1.807, 2.05) is 0 Å². The predicted octanol–water partition coefficient (Wildman–Crippen LogP) is -1.00. The number of carboxylic acid groups (broad SMARTS) is 1. The molecule has 0 spiro atoms. The van der Waals surface area contributed by atoms with Crippen molar-refractivity contribution in [2.75, 3.05) is 6.79 Å². The number of nitro benzene ring substituents is 1. The quantitative estimate of drug-likeness (QED) is 0.258. The predicted molar refractivity (Wildman–Crippen MR) is 78.6 cm³/mol. The number of rotatable bonds is 2. The molecule has 3 aromatic carbocycles. The van der Waals surface area contributed by atoms with Gasteiger partial charge in [0.15, 0.2) is 11.5 Å². The molecule has 0 aliphatic carbocycles. The first-order valence-corrected chi connectivity index (χ1v) is 6.71. The maximum atomic E-state index is 11.5. The van der Waals surface area contributed by atoms with Gasteiger partial charge in [0.05, 0.1) is 16.3 Å². The number of carbonyl (C=O) groups is 1. The second-order valence-electron chi connectivity index (χ2n) is 5.07. The van der Waals surface area contributed by atoms with Crippen LogP contribution in [0.25, 0.3) is 21.5 Å². The molecular formula is C16H8NNaO6. The molecule has 0 N–H and O–H groups in total. The average molecular weight is 333 g/mol. The molecule has 1 aliphatic rings. The Hall–Kier alpha value is -2.35. The van der Waals surface area contributed by atoms with Crippen LogP contribution < -0.4 is 44.1 Å². The van der Waals surface area contributed by atoms with Crippen molar-refractivity contribution in [3.63, 3.8) is 0 Å². The molecule has 0 fully saturated rings. The van der Waals surface area contributed by atoms with Gasteiger partial charge in [-0.1, -0.05) is 24.3 Å². The van der Waals surface area contributed by atoms with E-state index in [9.17, 15) is 20.0 Å². The van der Waals surface area contributed by atoms with Gasteiger partial charge in [-0.2, -0.15) is 0 Å². The minimum atomic E-state index is -1.51. The Balaban J connectivity index is 0.00000169. The Kier molecular flexibility index (Phi) is 4.08. The number of fused-ring (bicyclic) bond motifs is 5. The van der Waals surface area contributed by atoms with E-state index in [2.05, 4.69) is 0 Å². The number of aromatic carboxylic acids is 1. The summed E-state index contributed by atoms with van der Waals surface area (Å²) in [5.41, 5.74) is -0.599. The Labute approximate surface area is 157 Å². The van der Waals surface area contributed by atoms with Crippen LogP contribution in [0.5, 0.6) is 11.5 Å². The standard InChI is InChI=1S/C16H9NO6.Na/c18-16(19)10-6-12-15(23-7-22-12)14-9-4-2-1-3-8(9)5-11(13(10)14)17(20)21;/h1-6H,7H2,(H,18,19);/q;+1/p-1. The van der Waals surface area contributed by atoms with Crippen molar-refractivity contribution in [1.29, 1.82) is 0 Å². The number of ether oxygens (including phenoxy) is 2. The molecule has 0 saturated heterocycles. The van der Waals surface area contributed by atoms with Crippen LogP contribution in [0, 0.1) is 10.1 Å². The molecule has 0 atom stereocenters. The average Bonchev–Trinajstić information content (AvgIpc) is 3.00. The number of nitrogens with zero attached hydrogens (tertiary/aromatic N) is 1. The van der Waals surface area contributed by atoms with E-state index in [1.54, 1.807) is 24.3 Å². The molecule has 0 aromatic heterocycles. The van der Waals surface area contributed by atoms with Crippen molar-refractivity contribution < 1.29 is 53.9 Å². The first-order valence-electron chi connectivity index (χ1n) is 6.71. The number of hydrogen-bond donors (Lipinski definition) is 0. The van der Waals surface area contributed by atoms with Gasteiger partial charge in [-0.3, -0.25) is 10.1 Å². The van der Waals surface area contributed by atoms with Crippen molar-refractivity contribution >= 4 is 33.2 Å². The zero-order valence-corrected chi connectivity index (χ0v) is 14.6. The Morgan fingerprint density at radius 1 is 1.12 bits per heavy atom. The zero-order valence-electron chi connectivity index (χ0n) is 12.6. The number of nitro groups is 1. The van der Waals surface area contributed by atoms with Gasteiger partial charge in [0.25, 0.3) is 5.69 Å². The molecule has 24 heavy (non-hydrogen) atoms. The second kappa shape index (κ2) is 5.94. The summed E-state index contributed by atoms with van der Waals surface area (Å²) in [4.78, 5) is 22.3. The largest absolute Gasteiger partial charge is 1.00 e. The number of hydrogen-bond acceptors (Lipinski definition) is 6. The minimum absolute atomic E-state index is 0. The molecule has 8 heteroatoms. The van der Waals surface area contributed by atoms with E-state index in [4.69, 9.17) is 9.47 Å². The molecule has 4 rings (SSSR count). The van der Waals surface area contributed by atoms with E-state index in [0.29, 0.717) is 21.9 Å². The molecule has 1 aliphatic heterocycles. The van der Waals surface area contributed by atoms with Crippen LogP contribution in [-0.2, 0) is 0 Å². The number of carboxylic acids is 1.